The molecule has 2 amide bonds. The Morgan fingerprint density at radius 1 is 1.45 bits per heavy atom. The summed E-state index contributed by atoms with van der Waals surface area (Å²) in [6.45, 7) is 6.54. The molecule has 1 atom stereocenters. The fraction of sp³-hybridized carbons (Fsp3) is 0.500. The third-order valence-corrected chi connectivity index (χ3v) is 4.05. The van der Waals surface area contributed by atoms with Crippen LogP contribution < -0.4 is 5.32 Å². The molecule has 1 aromatic rings. The van der Waals surface area contributed by atoms with Gasteiger partial charge in [0.2, 0.25) is 11.8 Å². The van der Waals surface area contributed by atoms with Crippen molar-refractivity contribution in [1.82, 2.24) is 10.2 Å². The van der Waals surface area contributed by atoms with Gasteiger partial charge in [-0.25, -0.2) is 4.39 Å². The number of hydrogen-bond acceptors (Lipinski definition) is 2. The second-order valence-corrected chi connectivity index (χ2v) is 6.95. The number of amides is 2. The smallest absolute Gasteiger partial charge is 0.225 e. The molecule has 1 fully saturated rings. The average molecular weight is 327 g/mol. The zero-order chi connectivity index (χ0) is 16.5. The predicted molar refractivity (Wildman–Crippen MR) is 82.8 cm³/mol. The normalized spacial score (nSPS) is 18.7. The molecule has 120 valence electrons. The van der Waals surface area contributed by atoms with E-state index in [2.05, 4.69) is 5.32 Å². The molecule has 6 heteroatoms. The second kappa shape index (κ2) is 6.24. The summed E-state index contributed by atoms with van der Waals surface area (Å²) in [5.74, 6) is -1.00. The Kier molecular flexibility index (Phi) is 4.75. The van der Waals surface area contributed by atoms with E-state index in [1.807, 2.05) is 20.8 Å². The number of likely N-dealkylation sites (tertiary alicyclic amines) is 1. The van der Waals surface area contributed by atoms with E-state index in [0.29, 0.717) is 6.54 Å². The molecule has 1 unspecified atom stereocenters. The van der Waals surface area contributed by atoms with E-state index < -0.39 is 5.82 Å². The molecule has 1 aliphatic heterocycles. The number of hydrogen-bond donors (Lipinski definition) is 1. The van der Waals surface area contributed by atoms with Crippen molar-refractivity contribution in [1.29, 1.82) is 0 Å². The topological polar surface area (TPSA) is 49.4 Å². The van der Waals surface area contributed by atoms with Crippen LogP contribution in [0.1, 0.15) is 32.8 Å². The summed E-state index contributed by atoms with van der Waals surface area (Å²) in [5, 5.41) is 2.81. The fourth-order valence-corrected chi connectivity index (χ4v) is 2.72. The molecule has 1 saturated heterocycles. The lowest BCUT2D eigenvalue weighted by molar-refractivity contribution is -0.132. The summed E-state index contributed by atoms with van der Waals surface area (Å²) >= 11 is 5.71. The third kappa shape index (κ3) is 3.77. The number of carbonyl (C=O) groups is 2. The van der Waals surface area contributed by atoms with Gasteiger partial charge < -0.3 is 10.2 Å². The minimum atomic E-state index is -0.487. The van der Waals surface area contributed by atoms with Crippen molar-refractivity contribution in [2.75, 3.05) is 6.54 Å². The van der Waals surface area contributed by atoms with E-state index in [4.69, 9.17) is 11.6 Å². The van der Waals surface area contributed by atoms with Gasteiger partial charge in [-0.1, -0.05) is 17.7 Å². The Morgan fingerprint density at radius 3 is 2.68 bits per heavy atom. The molecule has 1 N–H and O–H groups in total. The van der Waals surface area contributed by atoms with Gasteiger partial charge in [0.05, 0.1) is 10.9 Å². The first kappa shape index (κ1) is 16.7. The number of rotatable bonds is 3. The van der Waals surface area contributed by atoms with Crippen molar-refractivity contribution in [3.63, 3.8) is 0 Å². The van der Waals surface area contributed by atoms with Crippen LogP contribution in [0.25, 0.3) is 0 Å². The summed E-state index contributed by atoms with van der Waals surface area (Å²) in [6.07, 6.45) is 0.229. The molecule has 0 spiro atoms. The maximum Gasteiger partial charge on any atom is 0.225 e. The van der Waals surface area contributed by atoms with Gasteiger partial charge in [-0.3, -0.25) is 9.59 Å². The molecular weight excluding hydrogens is 307 g/mol. The van der Waals surface area contributed by atoms with Gasteiger partial charge in [0, 0.05) is 25.0 Å². The van der Waals surface area contributed by atoms with Crippen LogP contribution in [0.15, 0.2) is 18.2 Å². The molecule has 1 aromatic carbocycles. The van der Waals surface area contributed by atoms with Crippen LogP contribution in [0.4, 0.5) is 4.39 Å². The van der Waals surface area contributed by atoms with Crippen molar-refractivity contribution >= 4 is 23.4 Å². The summed E-state index contributed by atoms with van der Waals surface area (Å²) in [7, 11) is 0. The third-order valence-electron chi connectivity index (χ3n) is 3.76. The van der Waals surface area contributed by atoms with Crippen LogP contribution in [-0.2, 0) is 16.1 Å². The molecule has 0 saturated carbocycles. The lowest BCUT2D eigenvalue weighted by atomic mass is 10.1. The molecule has 0 aliphatic carbocycles. The van der Waals surface area contributed by atoms with E-state index in [1.165, 1.54) is 12.1 Å². The van der Waals surface area contributed by atoms with E-state index in [1.54, 1.807) is 11.0 Å². The molecule has 0 radical (unpaired) electrons. The van der Waals surface area contributed by atoms with Crippen molar-refractivity contribution in [3.8, 4) is 0 Å². The number of nitrogens with one attached hydrogen (secondary N) is 1. The second-order valence-electron chi connectivity index (χ2n) is 6.54. The highest BCUT2D eigenvalue weighted by molar-refractivity contribution is 6.30. The van der Waals surface area contributed by atoms with Crippen LogP contribution in [0, 0.1) is 11.7 Å². The van der Waals surface area contributed by atoms with Gasteiger partial charge in [0.15, 0.2) is 0 Å². The van der Waals surface area contributed by atoms with E-state index in [9.17, 15) is 14.0 Å². The summed E-state index contributed by atoms with van der Waals surface area (Å²) in [5.41, 5.74) is 0.438. The molecular formula is C16H20ClFN2O2. The number of halogens is 2. The van der Waals surface area contributed by atoms with Crippen molar-refractivity contribution in [3.05, 3.63) is 34.6 Å². The zero-order valence-corrected chi connectivity index (χ0v) is 13.7. The molecule has 1 heterocycles. The van der Waals surface area contributed by atoms with Gasteiger partial charge in [-0.2, -0.15) is 0 Å². The largest absolute Gasteiger partial charge is 0.352 e. The van der Waals surface area contributed by atoms with Crippen LogP contribution in [0.5, 0.6) is 0 Å². The summed E-state index contributed by atoms with van der Waals surface area (Å²) in [4.78, 5) is 25.9. The van der Waals surface area contributed by atoms with Gasteiger partial charge in [-0.05, 0) is 38.5 Å². The van der Waals surface area contributed by atoms with E-state index >= 15 is 0 Å². The molecule has 2 rings (SSSR count). The Hall–Kier alpha value is -1.62. The Bertz CT molecular complexity index is 598. The number of carbonyl (C=O) groups excluding carboxylic acids is 2. The fourth-order valence-electron chi connectivity index (χ4n) is 2.51. The first-order valence-corrected chi connectivity index (χ1v) is 7.58. The average Bonchev–Trinajstić information content (AvgIpc) is 2.82. The quantitative estimate of drug-likeness (QED) is 0.928. The zero-order valence-electron chi connectivity index (χ0n) is 13.0. The van der Waals surface area contributed by atoms with Gasteiger partial charge >= 0.3 is 0 Å². The Morgan fingerprint density at radius 2 is 2.14 bits per heavy atom. The highest BCUT2D eigenvalue weighted by Crippen LogP contribution is 2.26. The van der Waals surface area contributed by atoms with Gasteiger partial charge in [-0.15, -0.1) is 0 Å². The molecule has 0 bridgehead atoms. The van der Waals surface area contributed by atoms with Gasteiger partial charge in [0.1, 0.15) is 5.82 Å². The molecule has 0 aromatic heterocycles. The standard InChI is InChI=1S/C16H20ClFN2O2/c1-16(2,3)20-9-11(7-14(20)21)15(22)19-8-10-4-5-13(18)12(17)6-10/h4-6,11H,7-9H2,1-3H3,(H,19,22). The Labute approximate surface area is 134 Å². The number of nitrogens with zero attached hydrogens (tertiary/aromatic N) is 1. The van der Waals surface area contributed by atoms with E-state index in [0.717, 1.165) is 5.56 Å². The van der Waals surface area contributed by atoms with Crippen LogP contribution >= 0.6 is 11.6 Å². The minimum absolute atomic E-state index is 0.00234. The summed E-state index contributed by atoms with van der Waals surface area (Å²) < 4.78 is 13.1. The first-order chi connectivity index (χ1) is 10.2. The highest BCUT2D eigenvalue weighted by Gasteiger charge is 2.39. The van der Waals surface area contributed by atoms with Crippen molar-refractivity contribution in [2.45, 2.75) is 39.3 Å². The lowest BCUT2D eigenvalue weighted by Crippen LogP contribution is -2.43. The van der Waals surface area contributed by atoms with Crippen LogP contribution in [0.2, 0.25) is 5.02 Å². The van der Waals surface area contributed by atoms with Crippen molar-refractivity contribution < 1.29 is 14.0 Å². The molecule has 1 aliphatic rings. The minimum Gasteiger partial charge on any atom is -0.352 e. The van der Waals surface area contributed by atoms with Gasteiger partial charge in [0.25, 0.3) is 0 Å². The summed E-state index contributed by atoms with van der Waals surface area (Å²) in [6, 6.07) is 4.32. The predicted octanol–water partition coefficient (Wildman–Crippen LogP) is 2.74. The van der Waals surface area contributed by atoms with Crippen molar-refractivity contribution in [2.24, 2.45) is 5.92 Å². The highest BCUT2D eigenvalue weighted by atomic mass is 35.5. The number of benzene rings is 1. The maximum atomic E-state index is 13.1. The maximum absolute atomic E-state index is 13.1. The first-order valence-electron chi connectivity index (χ1n) is 7.20. The van der Waals surface area contributed by atoms with E-state index in [-0.39, 0.29) is 41.3 Å². The monoisotopic (exact) mass is 326 g/mol. The van der Waals surface area contributed by atoms with Crippen LogP contribution in [-0.4, -0.2) is 28.8 Å². The molecule has 4 nitrogen and oxygen atoms in total. The lowest BCUT2D eigenvalue weighted by Gasteiger charge is -2.31. The van der Waals surface area contributed by atoms with Crippen LogP contribution in [0.3, 0.4) is 0 Å². The Balaban J connectivity index is 1.93. The SMILES string of the molecule is CC(C)(C)N1CC(C(=O)NCc2ccc(F)c(Cl)c2)CC1=O. The molecule has 22 heavy (non-hydrogen) atoms.